The van der Waals surface area contributed by atoms with Gasteiger partial charge in [0.1, 0.15) is 12.2 Å². The topological polar surface area (TPSA) is 84.8 Å². The highest BCUT2D eigenvalue weighted by atomic mass is 19.1. The third-order valence-corrected chi connectivity index (χ3v) is 3.90. The van der Waals surface area contributed by atoms with Crippen LogP contribution < -0.4 is 4.74 Å². The van der Waals surface area contributed by atoms with E-state index in [0.29, 0.717) is 6.54 Å². The van der Waals surface area contributed by atoms with Gasteiger partial charge >= 0.3 is 6.09 Å². The summed E-state index contributed by atoms with van der Waals surface area (Å²) >= 11 is 0. The van der Waals surface area contributed by atoms with E-state index in [4.69, 9.17) is 14.6 Å². The molecule has 0 bridgehead atoms. The third kappa shape index (κ3) is 7.17. The van der Waals surface area contributed by atoms with Gasteiger partial charge in [0.25, 0.3) is 11.9 Å². The molecule has 3 heterocycles. The van der Waals surface area contributed by atoms with Crippen molar-refractivity contribution in [2.24, 2.45) is 0 Å². The highest BCUT2D eigenvalue weighted by Gasteiger charge is 2.32. The molecular formula is C20H25F2N3O4. The largest absolute Gasteiger partial charge is 0.504 e. The molecule has 1 atom stereocenters. The van der Waals surface area contributed by atoms with Crippen LogP contribution in [0.25, 0.3) is 0 Å². The number of aromatic nitrogens is 2. The minimum atomic E-state index is -0.826. The Morgan fingerprint density at radius 3 is 2.41 bits per heavy atom. The minimum absolute atomic E-state index is 0.0977. The van der Waals surface area contributed by atoms with E-state index in [2.05, 4.69) is 9.97 Å². The summed E-state index contributed by atoms with van der Waals surface area (Å²) in [7, 11) is 0. The van der Waals surface area contributed by atoms with Crippen LogP contribution in [-0.4, -0.2) is 50.9 Å². The van der Waals surface area contributed by atoms with E-state index in [9.17, 15) is 13.6 Å². The normalized spacial score (nSPS) is 16.0. The molecule has 29 heavy (non-hydrogen) atoms. The molecule has 0 aliphatic carbocycles. The first kappa shape index (κ1) is 22.3. The molecule has 2 aromatic heterocycles. The number of carbonyl (C=O) groups excluding carboxylic acids is 1. The van der Waals surface area contributed by atoms with Crippen LogP contribution in [0.5, 0.6) is 11.5 Å². The van der Waals surface area contributed by atoms with E-state index in [1.807, 2.05) is 20.8 Å². The summed E-state index contributed by atoms with van der Waals surface area (Å²) in [5.41, 5.74) is -0.527. The Morgan fingerprint density at radius 1 is 1.21 bits per heavy atom. The fraction of sp³-hybridized carbons (Fsp3) is 0.450. The standard InChI is InChI=1S/C15H21FN2O3.C5H4FNO/c1-15(2,3)21-14(19)18-9-5-6-11(18)10-20-12-7-4-8-17-13(12)16;6-5-4(8)2-1-3-7-5/h4,7-8,11H,5-6,9-10H2,1-3H3;1-3,8H/t11-;/m0./s1. The summed E-state index contributed by atoms with van der Waals surface area (Å²) in [6.45, 7) is 6.37. The van der Waals surface area contributed by atoms with E-state index in [1.165, 1.54) is 30.6 Å². The predicted molar refractivity (Wildman–Crippen MR) is 102 cm³/mol. The number of aromatic hydroxyl groups is 1. The average Bonchev–Trinajstić information content (AvgIpc) is 3.11. The average molecular weight is 409 g/mol. The lowest BCUT2D eigenvalue weighted by Crippen LogP contribution is -2.42. The van der Waals surface area contributed by atoms with Gasteiger partial charge in [0.15, 0.2) is 11.5 Å². The van der Waals surface area contributed by atoms with Crippen molar-refractivity contribution in [1.29, 1.82) is 0 Å². The van der Waals surface area contributed by atoms with Crippen molar-refractivity contribution in [3.05, 3.63) is 48.6 Å². The second-order valence-corrected chi connectivity index (χ2v) is 7.39. The van der Waals surface area contributed by atoms with E-state index in [0.717, 1.165) is 12.8 Å². The molecule has 158 valence electrons. The molecule has 7 nitrogen and oxygen atoms in total. The van der Waals surface area contributed by atoms with Crippen molar-refractivity contribution >= 4 is 6.09 Å². The van der Waals surface area contributed by atoms with Crippen LogP contribution in [0, 0.1) is 11.9 Å². The molecule has 0 radical (unpaired) electrons. The van der Waals surface area contributed by atoms with Crippen LogP contribution >= 0.6 is 0 Å². The van der Waals surface area contributed by atoms with E-state index in [-0.39, 0.29) is 24.5 Å². The second kappa shape index (κ2) is 9.99. The Hall–Kier alpha value is -2.97. The summed E-state index contributed by atoms with van der Waals surface area (Å²) in [5.74, 6) is -1.77. The number of ether oxygens (including phenoxy) is 2. The van der Waals surface area contributed by atoms with Gasteiger partial charge in [0.05, 0.1) is 6.04 Å². The summed E-state index contributed by atoms with van der Waals surface area (Å²) in [6.07, 6.45) is 4.00. The number of nitrogens with zero attached hydrogens (tertiary/aromatic N) is 3. The van der Waals surface area contributed by atoms with Gasteiger partial charge in [-0.2, -0.15) is 8.78 Å². The lowest BCUT2D eigenvalue weighted by molar-refractivity contribution is 0.0186. The van der Waals surface area contributed by atoms with Gasteiger partial charge in [0.2, 0.25) is 0 Å². The molecule has 1 fully saturated rings. The number of rotatable bonds is 3. The van der Waals surface area contributed by atoms with Gasteiger partial charge < -0.3 is 19.5 Å². The summed E-state index contributed by atoms with van der Waals surface area (Å²) in [6, 6.07) is 5.73. The molecule has 2 aromatic rings. The number of amides is 1. The second-order valence-electron chi connectivity index (χ2n) is 7.39. The molecule has 9 heteroatoms. The lowest BCUT2D eigenvalue weighted by Gasteiger charge is -2.28. The highest BCUT2D eigenvalue weighted by Crippen LogP contribution is 2.22. The number of likely N-dealkylation sites (tertiary alicyclic amines) is 1. The van der Waals surface area contributed by atoms with Crippen molar-refractivity contribution in [3.8, 4) is 11.5 Å². The predicted octanol–water partition coefficient (Wildman–Crippen LogP) is 3.93. The Labute approximate surface area is 168 Å². The van der Waals surface area contributed by atoms with Gasteiger partial charge in [-0.1, -0.05) is 0 Å². The highest BCUT2D eigenvalue weighted by molar-refractivity contribution is 5.69. The zero-order valence-corrected chi connectivity index (χ0v) is 16.6. The summed E-state index contributed by atoms with van der Waals surface area (Å²) < 4.78 is 36.2. The van der Waals surface area contributed by atoms with Crippen molar-refractivity contribution in [3.63, 3.8) is 0 Å². The fourth-order valence-corrected chi connectivity index (χ4v) is 2.61. The molecule has 0 aromatic carbocycles. The Kier molecular flexibility index (Phi) is 7.69. The maximum absolute atomic E-state index is 13.4. The van der Waals surface area contributed by atoms with Crippen molar-refractivity contribution < 1.29 is 28.2 Å². The van der Waals surface area contributed by atoms with Crippen molar-refractivity contribution in [2.45, 2.75) is 45.3 Å². The summed E-state index contributed by atoms with van der Waals surface area (Å²) in [5, 5.41) is 8.48. The fourth-order valence-electron chi connectivity index (χ4n) is 2.61. The number of hydrogen-bond donors (Lipinski definition) is 1. The van der Waals surface area contributed by atoms with Gasteiger partial charge in [-0.3, -0.25) is 0 Å². The molecule has 1 aliphatic rings. The number of carbonyl (C=O) groups is 1. The molecule has 3 rings (SSSR count). The van der Waals surface area contributed by atoms with Crippen LogP contribution in [0.3, 0.4) is 0 Å². The smallest absolute Gasteiger partial charge is 0.410 e. The molecule has 0 spiro atoms. The molecule has 0 unspecified atom stereocenters. The van der Waals surface area contributed by atoms with Crippen molar-refractivity contribution in [2.75, 3.05) is 13.2 Å². The third-order valence-electron chi connectivity index (χ3n) is 3.90. The quantitative estimate of drug-likeness (QED) is 0.774. The van der Waals surface area contributed by atoms with Gasteiger partial charge in [-0.05, 0) is 57.9 Å². The van der Waals surface area contributed by atoms with Crippen LogP contribution in [0.15, 0.2) is 36.7 Å². The van der Waals surface area contributed by atoms with E-state index < -0.39 is 23.2 Å². The molecule has 1 aliphatic heterocycles. The van der Waals surface area contributed by atoms with Gasteiger partial charge in [-0.15, -0.1) is 0 Å². The van der Waals surface area contributed by atoms with E-state index >= 15 is 0 Å². The van der Waals surface area contributed by atoms with Crippen LogP contribution in [0.2, 0.25) is 0 Å². The molecular weight excluding hydrogens is 384 g/mol. The monoisotopic (exact) mass is 409 g/mol. The van der Waals surface area contributed by atoms with Crippen LogP contribution in [0.1, 0.15) is 33.6 Å². The van der Waals surface area contributed by atoms with Crippen molar-refractivity contribution in [1.82, 2.24) is 14.9 Å². The SMILES string of the molecule is CC(C)(C)OC(=O)N1CCC[C@H]1COc1cccnc1F.Oc1cccnc1F. The summed E-state index contributed by atoms with van der Waals surface area (Å²) in [4.78, 5) is 20.5. The number of pyridine rings is 2. The Bertz CT molecular complexity index is 793. The van der Waals surface area contributed by atoms with Crippen LogP contribution in [-0.2, 0) is 4.74 Å². The molecule has 1 saturated heterocycles. The van der Waals surface area contributed by atoms with Gasteiger partial charge in [0, 0.05) is 18.9 Å². The lowest BCUT2D eigenvalue weighted by atomic mass is 10.2. The van der Waals surface area contributed by atoms with Crippen LogP contribution in [0.4, 0.5) is 13.6 Å². The number of hydrogen-bond acceptors (Lipinski definition) is 6. The maximum atomic E-state index is 13.4. The molecule has 0 saturated carbocycles. The minimum Gasteiger partial charge on any atom is -0.504 e. The Morgan fingerprint density at radius 2 is 1.86 bits per heavy atom. The first-order valence-corrected chi connectivity index (χ1v) is 9.20. The number of halogens is 2. The first-order valence-electron chi connectivity index (χ1n) is 9.20. The van der Waals surface area contributed by atoms with E-state index in [1.54, 1.807) is 11.0 Å². The molecule has 1 amide bonds. The Balaban J connectivity index is 0.000000313. The zero-order chi connectivity index (χ0) is 21.4. The zero-order valence-electron chi connectivity index (χ0n) is 16.6. The molecule has 1 N–H and O–H groups in total. The van der Waals surface area contributed by atoms with Gasteiger partial charge in [-0.25, -0.2) is 14.8 Å². The maximum Gasteiger partial charge on any atom is 0.410 e. The first-order chi connectivity index (χ1) is 13.7.